The number of aliphatic carboxylic acids is 1. The summed E-state index contributed by atoms with van der Waals surface area (Å²) in [4.78, 5) is 38.9. The van der Waals surface area contributed by atoms with Crippen LogP contribution in [0.4, 0.5) is 4.39 Å². The van der Waals surface area contributed by atoms with E-state index in [0.717, 1.165) is 5.56 Å². The minimum atomic E-state index is -1.22. The number of benzene rings is 2. The third-order valence-corrected chi connectivity index (χ3v) is 6.06. The number of hydrogen-bond donors (Lipinski definition) is 4. The molecule has 0 spiro atoms. The summed E-state index contributed by atoms with van der Waals surface area (Å²) in [6.07, 6.45) is 2.20. The molecule has 0 aliphatic rings. The van der Waals surface area contributed by atoms with Crippen LogP contribution in [0.2, 0.25) is 5.02 Å². The van der Waals surface area contributed by atoms with E-state index in [9.17, 15) is 23.9 Å². The number of amides is 2. The van der Waals surface area contributed by atoms with Gasteiger partial charge in [-0.25, -0.2) is 9.18 Å². The van der Waals surface area contributed by atoms with Gasteiger partial charge in [0.15, 0.2) is 5.69 Å². The maximum atomic E-state index is 14.3. The average molecular weight is 545 g/mol. The first-order valence-electron chi connectivity index (χ1n) is 12.0. The molecule has 4 N–H and O–H groups in total. The van der Waals surface area contributed by atoms with Crippen LogP contribution in [0, 0.1) is 5.82 Å². The molecule has 12 heteroatoms. The number of aromatic nitrogens is 3. The summed E-state index contributed by atoms with van der Waals surface area (Å²) in [5.74, 6) is -2.54. The van der Waals surface area contributed by atoms with Gasteiger partial charge in [-0.2, -0.15) is 15.4 Å². The van der Waals surface area contributed by atoms with Crippen LogP contribution in [0.3, 0.4) is 0 Å². The zero-order chi connectivity index (χ0) is 27.7. The van der Waals surface area contributed by atoms with E-state index in [2.05, 4.69) is 26.0 Å². The van der Waals surface area contributed by atoms with Gasteiger partial charge in [-0.1, -0.05) is 35.9 Å². The molecule has 2 aromatic carbocycles. The molecule has 0 aliphatic carbocycles. The van der Waals surface area contributed by atoms with Gasteiger partial charge < -0.3 is 20.6 Å². The van der Waals surface area contributed by atoms with E-state index in [1.165, 1.54) is 24.4 Å². The Bertz CT molecular complexity index is 1240. The number of hydrogen-bond acceptors (Lipinski definition) is 6. The Balaban J connectivity index is 1.75. The van der Waals surface area contributed by atoms with E-state index >= 15 is 0 Å². The molecule has 10 nitrogen and oxygen atoms in total. The SMILES string of the molecule is CN(C)CCCC(=O)NC(CC(Cc1ccc(-c2cc(Cl)ccc2F)cc1)NC(=O)c1cn[nH]n1)C(=O)O. The van der Waals surface area contributed by atoms with Gasteiger partial charge >= 0.3 is 5.97 Å². The van der Waals surface area contributed by atoms with Gasteiger partial charge in [-0.3, -0.25) is 9.59 Å². The first-order valence-corrected chi connectivity index (χ1v) is 12.4. The molecule has 2 unspecified atom stereocenters. The molecular formula is C26H30ClFN6O4. The molecule has 1 heterocycles. The van der Waals surface area contributed by atoms with Crippen LogP contribution in [0.5, 0.6) is 0 Å². The van der Waals surface area contributed by atoms with Crippen molar-refractivity contribution in [1.82, 2.24) is 30.9 Å². The van der Waals surface area contributed by atoms with Gasteiger partial charge in [-0.05, 0) is 69.2 Å². The Morgan fingerprint density at radius 1 is 1.13 bits per heavy atom. The van der Waals surface area contributed by atoms with Crippen molar-refractivity contribution in [3.05, 3.63) is 70.8 Å². The van der Waals surface area contributed by atoms with Gasteiger partial charge in [0.25, 0.3) is 5.91 Å². The largest absolute Gasteiger partial charge is 0.480 e. The highest BCUT2D eigenvalue weighted by atomic mass is 35.5. The van der Waals surface area contributed by atoms with Crippen LogP contribution in [0.25, 0.3) is 11.1 Å². The molecule has 0 aliphatic heterocycles. The maximum Gasteiger partial charge on any atom is 0.326 e. The highest BCUT2D eigenvalue weighted by Gasteiger charge is 2.26. The predicted molar refractivity (Wildman–Crippen MR) is 140 cm³/mol. The standard InChI is InChI=1S/C26H30ClFN6O4/c1-34(2)11-3-4-24(35)31-22(26(37)38)14-19(30-25(36)23-15-29-33-32-23)12-16-5-7-17(8-6-16)20-13-18(27)9-10-21(20)28/h5-10,13,15,19,22H,3-4,11-12,14H2,1-2H3,(H,30,36)(H,31,35)(H,37,38)(H,29,32,33). The predicted octanol–water partition coefficient (Wildman–Crippen LogP) is 2.91. The Kier molecular flexibility index (Phi) is 10.3. The van der Waals surface area contributed by atoms with Crippen molar-refractivity contribution in [3.63, 3.8) is 0 Å². The van der Waals surface area contributed by atoms with Crippen molar-refractivity contribution in [2.75, 3.05) is 20.6 Å². The van der Waals surface area contributed by atoms with Crippen molar-refractivity contribution in [2.45, 2.75) is 37.8 Å². The first-order chi connectivity index (χ1) is 18.1. The molecule has 0 radical (unpaired) electrons. The van der Waals surface area contributed by atoms with Crippen LogP contribution in [-0.4, -0.2) is 75.9 Å². The summed E-state index contributed by atoms with van der Waals surface area (Å²) in [5, 5.41) is 25.3. The molecule has 2 amide bonds. The minimum Gasteiger partial charge on any atom is -0.480 e. The topological polar surface area (TPSA) is 140 Å². The number of nitrogens with zero attached hydrogens (tertiary/aromatic N) is 3. The average Bonchev–Trinajstić information content (AvgIpc) is 3.41. The smallest absolute Gasteiger partial charge is 0.326 e. The molecule has 1 aromatic heterocycles. The number of aromatic amines is 1. The van der Waals surface area contributed by atoms with Crippen molar-refractivity contribution >= 4 is 29.4 Å². The number of halogens is 2. The van der Waals surface area contributed by atoms with Gasteiger partial charge in [-0.15, -0.1) is 0 Å². The van der Waals surface area contributed by atoms with E-state index in [1.807, 2.05) is 19.0 Å². The van der Waals surface area contributed by atoms with Crippen molar-refractivity contribution in [1.29, 1.82) is 0 Å². The molecule has 0 saturated carbocycles. The lowest BCUT2D eigenvalue weighted by Crippen LogP contribution is -2.47. The summed E-state index contributed by atoms with van der Waals surface area (Å²) in [6, 6.07) is 9.38. The second-order valence-corrected chi connectivity index (χ2v) is 9.59. The molecule has 38 heavy (non-hydrogen) atoms. The summed E-state index contributed by atoms with van der Waals surface area (Å²) >= 11 is 6.01. The second-order valence-electron chi connectivity index (χ2n) is 9.15. The van der Waals surface area contributed by atoms with Gasteiger partial charge in [0.2, 0.25) is 5.91 Å². The van der Waals surface area contributed by atoms with E-state index in [-0.39, 0.29) is 30.9 Å². The van der Waals surface area contributed by atoms with Gasteiger partial charge in [0, 0.05) is 23.0 Å². The van der Waals surface area contributed by atoms with Gasteiger partial charge in [0.05, 0.1) is 6.20 Å². The normalized spacial score (nSPS) is 12.7. The lowest BCUT2D eigenvalue weighted by Gasteiger charge is -2.23. The van der Waals surface area contributed by atoms with Crippen molar-refractivity contribution in [3.8, 4) is 11.1 Å². The monoisotopic (exact) mass is 544 g/mol. The van der Waals surface area contributed by atoms with Crippen molar-refractivity contribution in [2.24, 2.45) is 0 Å². The Morgan fingerprint density at radius 3 is 2.50 bits per heavy atom. The zero-order valence-corrected chi connectivity index (χ0v) is 21.8. The highest BCUT2D eigenvalue weighted by molar-refractivity contribution is 6.30. The van der Waals surface area contributed by atoms with E-state index < -0.39 is 29.8 Å². The van der Waals surface area contributed by atoms with Crippen LogP contribution >= 0.6 is 11.6 Å². The fourth-order valence-electron chi connectivity index (χ4n) is 3.92. The number of H-pyrrole nitrogens is 1. The van der Waals surface area contributed by atoms with E-state index in [4.69, 9.17) is 11.6 Å². The number of carboxylic acids is 1. The quantitative estimate of drug-likeness (QED) is 0.259. The Labute approximate surface area is 224 Å². The third kappa shape index (κ3) is 8.63. The van der Waals surface area contributed by atoms with Crippen LogP contribution in [-0.2, 0) is 16.0 Å². The van der Waals surface area contributed by atoms with E-state index in [1.54, 1.807) is 24.3 Å². The fraction of sp³-hybridized carbons (Fsp3) is 0.346. The van der Waals surface area contributed by atoms with Crippen LogP contribution in [0.15, 0.2) is 48.7 Å². The number of rotatable bonds is 13. The summed E-state index contributed by atoms with van der Waals surface area (Å²) in [6.45, 7) is 0.691. The summed E-state index contributed by atoms with van der Waals surface area (Å²) < 4.78 is 14.3. The highest BCUT2D eigenvalue weighted by Crippen LogP contribution is 2.26. The fourth-order valence-corrected chi connectivity index (χ4v) is 4.09. The number of carbonyl (C=O) groups excluding carboxylic acids is 2. The lowest BCUT2D eigenvalue weighted by molar-refractivity contribution is -0.142. The summed E-state index contributed by atoms with van der Waals surface area (Å²) in [5.41, 5.74) is 1.78. The number of nitrogens with one attached hydrogen (secondary N) is 3. The lowest BCUT2D eigenvalue weighted by atomic mass is 9.96. The molecule has 3 rings (SSSR count). The molecule has 2 atom stereocenters. The first kappa shape index (κ1) is 28.7. The summed E-state index contributed by atoms with van der Waals surface area (Å²) in [7, 11) is 3.77. The molecule has 0 fully saturated rings. The molecule has 0 saturated heterocycles. The third-order valence-electron chi connectivity index (χ3n) is 5.82. The minimum absolute atomic E-state index is 0.0429. The molecule has 0 bridgehead atoms. The number of carboxylic acid groups (broad SMARTS) is 1. The number of carbonyl (C=O) groups is 3. The Hall–Kier alpha value is -3.83. The molecule has 3 aromatic rings. The molecular weight excluding hydrogens is 515 g/mol. The van der Waals surface area contributed by atoms with Crippen LogP contribution < -0.4 is 10.6 Å². The van der Waals surface area contributed by atoms with E-state index in [0.29, 0.717) is 29.1 Å². The Morgan fingerprint density at radius 2 is 1.87 bits per heavy atom. The van der Waals surface area contributed by atoms with Gasteiger partial charge in [0.1, 0.15) is 11.9 Å². The second kappa shape index (κ2) is 13.6. The van der Waals surface area contributed by atoms with Crippen molar-refractivity contribution < 1.29 is 23.9 Å². The molecule has 202 valence electrons. The van der Waals surface area contributed by atoms with Crippen LogP contribution in [0.1, 0.15) is 35.3 Å². The zero-order valence-electron chi connectivity index (χ0n) is 21.1. The maximum absolute atomic E-state index is 14.3.